The molecule has 3 aromatic rings. The minimum Gasteiger partial charge on any atom is -0.364 e. The van der Waals surface area contributed by atoms with Gasteiger partial charge in [0.05, 0.1) is 16.9 Å². The van der Waals surface area contributed by atoms with E-state index < -0.39 is 21.8 Å². The Kier molecular flexibility index (Phi) is 6.93. The van der Waals surface area contributed by atoms with Crippen molar-refractivity contribution < 1.29 is 18.0 Å². The maximum absolute atomic E-state index is 12.9. The zero-order valence-corrected chi connectivity index (χ0v) is 19.5. The van der Waals surface area contributed by atoms with Gasteiger partial charge in [-0.15, -0.1) is 0 Å². The number of primary amides is 1. The van der Waals surface area contributed by atoms with E-state index in [2.05, 4.69) is 20.7 Å². The molecule has 0 atom stereocenters. The Balaban J connectivity index is 1.45. The highest BCUT2D eigenvalue weighted by Crippen LogP contribution is 2.27. The maximum Gasteiger partial charge on any atom is 0.270 e. The van der Waals surface area contributed by atoms with Crippen LogP contribution >= 0.6 is 11.6 Å². The SMILES string of the molecule is NC(=O)c1cccc(C(=O)NCc2cnn(-c3ccc(S(=O)(=O)N4CCNCC4)c(Cl)c3)c2)n1. The molecule has 2 aromatic heterocycles. The normalized spacial score (nSPS) is 14.6. The lowest BCUT2D eigenvalue weighted by Crippen LogP contribution is -2.46. The van der Waals surface area contributed by atoms with Gasteiger partial charge in [-0.2, -0.15) is 9.40 Å². The summed E-state index contributed by atoms with van der Waals surface area (Å²) < 4.78 is 28.7. The number of benzene rings is 1. The fraction of sp³-hybridized carbons (Fsp3) is 0.238. The van der Waals surface area contributed by atoms with E-state index in [1.54, 1.807) is 18.5 Å². The number of halogens is 1. The van der Waals surface area contributed by atoms with Crippen LogP contribution in [0.15, 0.2) is 53.7 Å². The molecule has 0 radical (unpaired) electrons. The number of carbonyl (C=O) groups excluding carboxylic acids is 2. The molecular formula is C21H22ClN7O4S. The molecule has 1 saturated heterocycles. The molecule has 1 aromatic carbocycles. The summed E-state index contributed by atoms with van der Waals surface area (Å²) in [6.07, 6.45) is 3.25. The van der Waals surface area contributed by atoms with Crippen LogP contribution in [0.5, 0.6) is 0 Å². The summed E-state index contributed by atoms with van der Waals surface area (Å²) in [6.45, 7) is 2.11. The number of hydrogen-bond donors (Lipinski definition) is 3. The molecule has 0 saturated carbocycles. The number of sulfonamides is 1. The Hall–Kier alpha value is -3.32. The van der Waals surface area contributed by atoms with Gasteiger partial charge in [0.25, 0.3) is 11.8 Å². The van der Waals surface area contributed by atoms with Crippen LogP contribution in [0.25, 0.3) is 5.69 Å². The average Bonchev–Trinajstić information content (AvgIpc) is 3.32. The first-order valence-corrected chi connectivity index (χ1v) is 12.2. The number of aromatic nitrogens is 3. The van der Waals surface area contributed by atoms with Crippen LogP contribution in [-0.2, 0) is 16.6 Å². The highest BCUT2D eigenvalue weighted by Gasteiger charge is 2.28. The van der Waals surface area contributed by atoms with Crippen molar-refractivity contribution in [2.24, 2.45) is 5.73 Å². The second kappa shape index (κ2) is 9.89. The van der Waals surface area contributed by atoms with Gasteiger partial charge in [-0.05, 0) is 30.3 Å². The van der Waals surface area contributed by atoms with Crippen molar-refractivity contribution in [1.82, 2.24) is 29.7 Å². The zero-order chi connectivity index (χ0) is 24.3. The summed E-state index contributed by atoms with van der Waals surface area (Å²) in [5.41, 5.74) is 6.52. The van der Waals surface area contributed by atoms with Crippen LogP contribution in [0.3, 0.4) is 0 Å². The molecule has 1 aliphatic heterocycles. The topological polar surface area (TPSA) is 152 Å². The lowest BCUT2D eigenvalue weighted by atomic mass is 10.2. The Morgan fingerprint density at radius 2 is 1.88 bits per heavy atom. The van der Waals surface area contributed by atoms with Crippen LogP contribution < -0.4 is 16.4 Å². The monoisotopic (exact) mass is 503 g/mol. The van der Waals surface area contributed by atoms with E-state index in [1.165, 1.54) is 39.3 Å². The van der Waals surface area contributed by atoms with E-state index in [0.717, 1.165) is 0 Å². The fourth-order valence-electron chi connectivity index (χ4n) is 3.43. The minimum atomic E-state index is -3.69. The standard InChI is InChI=1S/C21H22ClN7O4S/c22-16-10-15(4-5-19(16)34(32,33)28-8-6-24-7-9-28)29-13-14(12-26-29)11-25-21(31)18-3-1-2-17(27-18)20(23)30/h1-5,10,12-13,24H,6-9,11H2,(H2,23,30)(H,25,31). The van der Waals surface area contributed by atoms with Crippen molar-refractivity contribution >= 4 is 33.4 Å². The van der Waals surface area contributed by atoms with Crippen molar-refractivity contribution in [3.8, 4) is 5.69 Å². The van der Waals surface area contributed by atoms with Crippen LogP contribution in [0, 0.1) is 0 Å². The van der Waals surface area contributed by atoms with E-state index in [9.17, 15) is 18.0 Å². The van der Waals surface area contributed by atoms with Crippen molar-refractivity contribution in [2.45, 2.75) is 11.4 Å². The number of nitrogens with one attached hydrogen (secondary N) is 2. The molecule has 1 fully saturated rings. The largest absolute Gasteiger partial charge is 0.364 e. The molecule has 1 aliphatic rings. The van der Waals surface area contributed by atoms with Crippen molar-refractivity contribution in [3.05, 3.63) is 70.8 Å². The number of amides is 2. The van der Waals surface area contributed by atoms with E-state index in [4.69, 9.17) is 17.3 Å². The third-order valence-corrected chi connectivity index (χ3v) is 7.58. The predicted molar refractivity (Wildman–Crippen MR) is 124 cm³/mol. The highest BCUT2D eigenvalue weighted by atomic mass is 35.5. The summed E-state index contributed by atoms with van der Waals surface area (Å²) in [6, 6.07) is 9.05. The Morgan fingerprint density at radius 3 is 2.59 bits per heavy atom. The Morgan fingerprint density at radius 1 is 1.15 bits per heavy atom. The Labute approximate surface area is 201 Å². The van der Waals surface area contributed by atoms with Gasteiger partial charge in [0, 0.05) is 44.5 Å². The number of piperazine rings is 1. The van der Waals surface area contributed by atoms with Crippen LogP contribution in [0.4, 0.5) is 0 Å². The van der Waals surface area contributed by atoms with Crippen molar-refractivity contribution in [3.63, 3.8) is 0 Å². The lowest BCUT2D eigenvalue weighted by Gasteiger charge is -2.27. The molecule has 0 spiro atoms. The predicted octanol–water partition coefficient (Wildman–Crippen LogP) is 0.544. The first kappa shape index (κ1) is 23.8. The van der Waals surface area contributed by atoms with E-state index in [0.29, 0.717) is 37.4 Å². The van der Waals surface area contributed by atoms with Crippen molar-refractivity contribution in [2.75, 3.05) is 26.2 Å². The van der Waals surface area contributed by atoms with Gasteiger partial charge in [0.15, 0.2) is 0 Å². The number of hydrogen-bond acceptors (Lipinski definition) is 7. The summed E-state index contributed by atoms with van der Waals surface area (Å²) in [5.74, 6) is -1.19. The molecule has 0 aliphatic carbocycles. The van der Waals surface area contributed by atoms with Crippen LogP contribution in [0.2, 0.25) is 5.02 Å². The summed E-state index contributed by atoms with van der Waals surface area (Å²) >= 11 is 6.34. The fourth-order valence-corrected chi connectivity index (χ4v) is 5.38. The van der Waals surface area contributed by atoms with Gasteiger partial charge in [0.2, 0.25) is 10.0 Å². The quantitative estimate of drug-likeness (QED) is 0.425. The van der Waals surface area contributed by atoms with E-state index >= 15 is 0 Å². The summed E-state index contributed by atoms with van der Waals surface area (Å²) in [7, 11) is -3.69. The zero-order valence-electron chi connectivity index (χ0n) is 17.9. The molecule has 0 bridgehead atoms. The number of rotatable bonds is 7. The molecule has 3 heterocycles. The van der Waals surface area contributed by atoms with Gasteiger partial charge in [-0.1, -0.05) is 17.7 Å². The third-order valence-electron chi connectivity index (χ3n) is 5.20. The lowest BCUT2D eigenvalue weighted by molar-refractivity contribution is 0.0945. The number of nitrogens with two attached hydrogens (primary N) is 1. The first-order chi connectivity index (χ1) is 16.3. The molecule has 11 nitrogen and oxygen atoms in total. The summed E-state index contributed by atoms with van der Waals surface area (Å²) in [5, 5.41) is 10.2. The summed E-state index contributed by atoms with van der Waals surface area (Å²) in [4.78, 5) is 27.6. The minimum absolute atomic E-state index is 0.000220. The molecule has 13 heteroatoms. The third kappa shape index (κ3) is 5.09. The van der Waals surface area contributed by atoms with E-state index in [1.807, 2.05) is 0 Å². The van der Waals surface area contributed by atoms with Crippen molar-refractivity contribution in [1.29, 1.82) is 0 Å². The molecule has 178 valence electrons. The molecule has 4 rings (SSSR count). The highest BCUT2D eigenvalue weighted by molar-refractivity contribution is 7.89. The van der Waals surface area contributed by atoms with Gasteiger partial charge < -0.3 is 16.4 Å². The van der Waals surface area contributed by atoms with Gasteiger partial charge in [0.1, 0.15) is 16.3 Å². The molecular weight excluding hydrogens is 482 g/mol. The molecule has 34 heavy (non-hydrogen) atoms. The Bertz CT molecular complexity index is 1340. The van der Waals surface area contributed by atoms with Gasteiger partial charge in [-0.25, -0.2) is 18.1 Å². The molecule has 0 unspecified atom stereocenters. The second-order valence-electron chi connectivity index (χ2n) is 7.52. The first-order valence-electron chi connectivity index (χ1n) is 10.3. The molecule has 4 N–H and O–H groups in total. The van der Waals surface area contributed by atoms with Crippen LogP contribution in [0.1, 0.15) is 26.5 Å². The van der Waals surface area contributed by atoms with Gasteiger partial charge >= 0.3 is 0 Å². The van der Waals surface area contributed by atoms with Gasteiger partial charge in [-0.3, -0.25) is 9.59 Å². The second-order valence-corrected chi connectivity index (χ2v) is 9.83. The van der Waals surface area contributed by atoms with Crippen LogP contribution in [-0.4, -0.2) is 65.5 Å². The smallest absolute Gasteiger partial charge is 0.270 e. The number of pyridine rings is 1. The number of carbonyl (C=O) groups is 2. The van der Waals surface area contributed by atoms with E-state index in [-0.39, 0.29) is 27.9 Å². The maximum atomic E-state index is 12.9. The average molecular weight is 504 g/mol. The molecule has 2 amide bonds. The number of nitrogens with zero attached hydrogens (tertiary/aromatic N) is 4.